The second-order valence-electron chi connectivity index (χ2n) is 5.64. The van der Waals surface area contributed by atoms with Crippen molar-refractivity contribution < 1.29 is 14.3 Å². The van der Waals surface area contributed by atoms with Gasteiger partial charge in [0.2, 0.25) is 0 Å². The Morgan fingerprint density at radius 1 is 1.47 bits per heavy atom. The minimum atomic E-state index is -0.599. The standard InChI is InChI=1S/C14H28N2O3/c1-14(15-2,13(17)18-4)7-8-16(3)11-12-5-9-19-10-6-12/h12,15H,5-11H2,1-4H3. The van der Waals surface area contributed by atoms with Gasteiger partial charge in [0.15, 0.2) is 0 Å². The van der Waals surface area contributed by atoms with Gasteiger partial charge in [0, 0.05) is 26.3 Å². The summed E-state index contributed by atoms with van der Waals surface area (Å²) in [5, 5.41) is 3.07. The number of hydrogen-bond acceptors (Lipinski definition) is 5. The fourth-order valence-corrected chi connectivity index (χ4v) is 2.43. The average molecular weight is 272 g/mol. The quantitative estimate of drug-likeness (QED) is 0.697. The van der Waals surface area contributed by atoms with Crippen LogP contribution < -0.4 is 5.32 Å². The largest absolute Gasteiger partial charge is 0.468 e. The van der Waals surface area contributed by atoms with Crippen molar-refractivity contribution in [1.29, 1.82) is 0 Å². The molecule has 1 unspecified atom stereocenters. The molecule has 1 rings (SSSR count). The van der Waals surface area contributed by atoms with Crippen LogP contribution in [-0.2, 0) is 14.3 Å². The summed E-state index contributed by atoms with van der Waals surface area (Å²) in [7, 11) is 5.35. The summed E-state index contributed by atoms with van der Waals surface area (Å²) >= 11 is 0. The van der Waals surface area contributed by atoms with E-state index in [2.05, 4.69) is 17.3 Å². The van der Waals surface area contributed by atoms with E-state index in [1.165, 1.54) is 7.11 Å². The maximum Gasteiger partial charge on any atom is 0.325 e. The molecule has 0 spiro atoms. The minimum Gasteiger partial charge on any atom is -0.468 e. The number of carbonyl (C=O) groups excluding carboxylic acids is 1. The Bertz CT molecular complexity index is 280. The SMILES string of the molecule is CNC(C)(CCN(C)CC1CCOCC1)C(=O)OC. The normalized spacial score (nSPS) is 20.3. The van der Waals surface area contributed by atoms with E-state index in [0.29, 0.717) is 0 Å². The van der Waals surface area contributed by atoms with Crippen molar-refractivity contribution in [2.45, 2.75) is 31.7 Å². The van der Waals surface area contributed by atoms with Crippen molar-refractivity contribution >= 4 is 5.97 Å². The van der Waals surface area contributed by atoms with Crippen LogP contribution in [0.25, 0.3) is 0 Å². The number of carbonyl (C=O) groups is 1. The van der Waals surface area contributed by atoms with Gasteiger partial charge in [-0.3, -0.25) is 4.79 Å². The zero-order valence-corrected chi connectivity index (χ0v) is 12.7. The molecule has 5 nitrogen and oxygen atoms in total. The summed E-state index contributed by atoms with van der Waals surface area (Å²) in [6.45, 7) is 5.61. The van der Waals surface area contributed by atoms with Crippen LogP contribution in [0, 0.1) is 5.92 Å². The molecule has 1 heterocycles. The van der Waals surface area contributed by atoms with E-state index in [0.717, 1.165) is 51.5 Å². The summed E-state index contributed by atoms with van der Waals surface area (Å²) in [4.78, 5) is 14.0. The number of esters is 1. The first kappa shape index (κ1) is 16.4. The zero-order valence-electron chi connectivity index (χ0n) is 12.7. The van der Waals surface area contributed by atoms with Gasteiger partial charge in [-0.1, -0.05) is 0 Å². The molecule has 1 aliphatic rings. The molecule has 0 aromatic rings. The van der Waals surface area contributed by atoms with E-state index >= 15 is 0 Å². The highest BCUT2D eigenvalue weighted by molar-refractivity contribution is 5.80. The number of nitrogens with one attached hydrogen (secondary N) is 1. The van der Waals surface area contributed by atoms with Crippen LogP contribution in [0.3, 0.4) is 0 Å². The first-order chi connectivity index (χ1) is 9.01. The number of nitrogens with zero attached hydrogens (tertiary/aromatic N) is 1. The summed E-state index contributed by atoms with van der Waals surface area (Å²) in [5.74, 6) is 0.521. The molecule has 0 radical (unpaired) electrons. The Kier molecular flexibility index (Phi) is 6.75. The van der Waals surface area contributed by atoms with Crippen molar-refractivity contribution in [2.24, 2.45) is 5.92 Å². The fraction of sp³-hybridized carbons (Fsp3) is 0.929. The van der Waals surface area contributed by atoms with Crippen LogP contribution in [-0.4, -0.2) is 63.9 Å². The molecule has 0 bridgehead atoms. The van der Waals surface area contributed by atoms with Gasteiger partial charge in [-0.05, 0) is 46.2 Å². The molecule has 1 fully saturated rings. The monoisotopic (exact) mass is 272 g/mol. The molecule has 0 aliphatic carbocycles. The lowest BCUT2D eigenvalue weighted by molar-refractivity contribution is -0.148. The third kappa shape index (κ3) is 5.09. The minimum absolute atomic E-state index is 0.200. The van der Waals surface area contributed by atoms with Crippen LogP contribution in [0.4, 0.5) is 0 Å². The Balaban J connectivity index is 2.34. The topological polar surface area (TPSA) is 50.8 Å². The first-order valence-corrected chi connectivity index (χ1v) is 7.05. The van der Waals surface area contributed by atoms with Gasteiger partial charge >= 0.3 is 5.97 Å². The molecule has 0 aromatic carbocycles. The van der Waals surface area contributed by atoms with Crippen LogP contribution >= 0.6 is 0 Å². The number of likely N-dealkylation sites (N-methyl/N-ethyl adjacent to an activating group) is 1. The second kappa shape index (κ2) is 7.82. The van der Waals surface area contributed by atoms with E-state index in [1.54, 1.807) is 7.05 Å². The molecule has 19 heavy (non-hydrogen) atoms. The molecule has 0 saturated carbocycles. The highest BCUT2D eigenvalue weighted by Gasteiger charge is 2.32. The Morgan fingerprint density at radius 2 is 2.11 bits per heavy atom. The van der Waals surface area contributed by atoms with Gasteiger partial charge < -0.3 is 19.7 Å². The zero-order chi connectivity index (χ0) is 14.3. The van der Waals surface area contributed by atoms with E-state index in [9.17, 15) is 4.79 Å². The molecule has 1 N–H and O–H groups in total. The van der Waals surface area contributed by atoms with Gasteiger partial charge in [-0.15, -0.1) is 0 Å². The molecule has 1 saturated heterocycles. The van der Waals surface area contributed by atoms with Crippen molar-refractivity contribution in [1.82, 2.24) is 10.2 Å². The predicted molar refractivity (Wildman–Crippen MR) is 75.1 cm³/mol. The lowest BCUT2D eigenvalue weighted by Crippen LogP contribution is -2.50. The molecule has 0 aromatic heterocycles. The number of hydrogen-bond donors (Lipinski definition) is 1. The second-order valence-corrected chi connectivity index (χ2v) is 5.64. The summed E-state index contributed by atoms with van der Waals surface area (Å²) in [6.07, 6.45) is 3.03. The first-order valence-electron chi connectivity index (χ1n) is 7.05. The Morgan fingerprint density at radius 3 is 2.63 bits per heavy atom. The highest BCUT2D eigenvalue weighted by Crippen LogP contribution is 2.17. The maximum atomic E-state index is 11.7. The predicted octanol–water partition coefficient (Wildman–Crippen LogP) is 0.886. The van der Waals surface area contributed by atoms with Gasteiger partial charge in [-0.2, -0.15) is 0 Å². The number of ether oxygens (including phenoxy) is 2. The molecule has 1 atom stereocenters. The van der Waals surface area contributed by atoms with Crippen molar-refractivity contribution in [3.63, 3.8) is 0 Å². The number of methoxy groups -OCH3 is 1. The lowest BCUT2D eigenvalue weighted by atomic mass is 9.96. The molecular formula is C14H28N2O3. The van der Waals surface area contributed by atoms with Crippen LogP contribution in [0.2, 0.25) is 0 Å². The average Bonchev–Trinajstić information content (AvgIpc) is 2.45. The van der Waals surface area contributed by atoms with Gasteiger partial charge in [-0.25, -0.2) is 0 Å². The van der Waals surface area contributed by atoms with Gasteiger partial charge in [0.1, 0.15) is 5.54 Å². The van der Waals surface area contributed by atoms with Crippen molar-refractivity contribution in [3.05, 3.63) is 0 Å². The molecular weight excluding hydrogens is 244 g/mol. The lowest BCUT2D eigenvalue weighted by Gasteiger charge is -2.31. The van der Waals surface area contributed by atoms with Crippen molar-refractivity contribution in [3.8, 4) is 0 Å². The fourth-order valence-electron chi connectivity index (χ4n) is 2.43. The van der Waals surface area contributed by atoms with E-state index in [4.69, 9.17) is 9.47 Å². The third-order valence-electron chi connectivity index (χ3n) is 4.09. The molecule has 112 valence electrons. The van der Waals surface area contributed by atoms with Crippen LogP contribution in [0.15, 0.2) is 0 Å². The van der Waals surface area contributed by atoms with Gasteiger partial charge in [0.05, 0.1) is 7.11 Å². The maximum absolute atomic E-state index is 11.7. The van der Waals surface area contributed by atoms with Crippen LogP contribution in [0.1, 0.15) is 26.2 Å². The smallest absolute Gasteiger partial charge is 0.325 e. The number of rotatable bonds is 7. The third-order valence-corrected chi connectivity index (χ3v) is 4.09. The van der Waals surface area contributed by atoms with Crippen LogP contribution in [0.5, 0.6) is 0 Å². The Hall–Kier alpha value is -0.650. The van der Waals surface area contributed by atoms with Crippen molar-refractivity contribution in [2.75, 3.05) is 47.5 Å². The summed E-state index contributed by atoms with van der Waals surface area (Å²) in [6, 6.07) is 0. The molecule has 1 aliphatic heterocycles. The summed E-state index contributed by atoms with van der Waals surface area (Å²) < 4.78 is 10.2. The van der Waals surface area contributed by atoms with E-state index < -0.39 is 5.54 Å². The highest BCUT2D eigenvalue weighted by atomic mass is 16.5. The molecule has 5 heteroatoms. The van der Waals surface area contributed by atoms with E-state index in [1.807, 2.05) is 6.92 Å². The summed E-state index contributed by atoms with van der Waals surface area (Å²) in [5.41, 5.74) is -0.599. The Labute approximate surface area is 116 Å². The van der Waals surface area contributed by atoms with E-state index in [-0.39, 0.29) is 5.97 Å². The molecule has 0 amide bonds. The van der Waals surface area contributed by atoms with Gasteiger partial charge in [0.25, 0.3) is 0 Å².